The molecule has 1 aromatic carbocycles. The lowest BCUT2D eigenvalue weighted by Gasteiger charge is -2.00. The molecule has 3 heteroatoms. The molecule has 0 spiro atoms. The van der Waals surface area contributed by atoms with Gasteiger partial charge in [0.15, 0.2) is 0 Å². The van der Waals surface area contributed by atoms with Crippen LogP contribution < -0.4 is 5.73 Å². The quantitative estimate of drug-likeness (QED) is 0.822. The summed E-state index contributed by atoms with van der Waals surface area (Å²) in [4.78, 5) is 3.45. The number of rotatable bonds is 2. The highest BCUT2D eigenvalue weighted by Crippen LogP contribution is 2.27. The highest BCUT2D eigenvalue weighted by atomic mass is 127. The van der Waals surface area contributed by atoms with E-state index in [-0.39, 0.29) is 0 Å². The number of fused-ring (bicyclic) bond motifs is 1. The standard InChI is InChI=1S/C12H15IN2/c1-7-5-9(13)6-11-10(3-4-14)8(2)15-12(7)11/h5-6,15H,3-4,14H2,1-2H3. The summed E-state index contributed by atoms with van der Waals surface area (Å²) in [5.41, 5.74) is 10.8. The fourth-order valence-corrected chi connectivity index (χ4v) is 2.86. The van der Waals surface area contributed by atoms with Crippen LogP contribution in [0.1, 0.15) is 16.8 Å². The molecule has 2 aromatic rings. The third-order valence-electron chi connectivity index (χ3n) is 2.78. The van der Waals surface area contributed by atoms with Gasteiger partial charge in [0, 0.05) is 20.2 Å². The second-order valence-electron chi connectivity index (χ2n) is 3.91. The number of hydrogen-bond donors (Lipinski definition) is 2. The van der Waals surface area contributed by atoms with Gasteiger partial charge < -0.3 is 10.7 Å². The summed E-state index contributed by atoms with van der Waals surface area (Å²) in [6.45, 7) is 4.97. The van der Waals surface area contributed by atoms with E-state index in [0.29, 0.717) is 6.54 Å². The van der Waals surface area contributed by atoms with Gasteiger partial charge in [-0.2, -0.15) is 0 Å². The predicted octanol–water partition coefficient (Wildman–Crippen LogP) is 2.89. The van der Waals surface area contributed by atoms with E-state index in [0.717, 1.165) is 6.42 Å². The monoisotopic (exact) mass is 314 g/mol. The van der Waals surface area contributed by atoms with E-state index in [2.05, 4.69) is 53.6 Å². The summed E-state index contributed by atoms with van der Waals surface area (Å²) in [5, 5.41) is 1.34. The Labute approximate surface area is 103 Å². The predicted molar refractivity (Wildman–Crippen MR) is 73.2 cm³/mol. The molecule has 0 saturated heterocycles. The van der Waals surface area contributed by atoms with E-state index >= 15 is 0 Å². The second kappa shape index (κ2) is 4.14. The topological polar surface area (TPSA) is 41.8 Å². The molecular weight excluding hydrogens is 299 g/mol. The van der Waals surface area contributed by atoms with Gasteiger partial charge in [0.25, 0.3) is 0 Å². The Balaban J connectivity index is 2.74. The number of benzene rings is 1. The zero-order chi connectivity index (χ0) is 11.0. The first-order valence-electron chi connectivity index (χ1n) is 5.11. The maximum atomic E-state index is 5.64. The summed E-state index contributed by atoms with van der Waals surface area (Å²) in [5.74, 6) is 0. The first-order valence-corrected chi connectivity index (χ1v) is 6.18. The van der Waals surface area contributed by atoms with E-state index in [4.69, 9.17) is 5.73 Å². The summed E-state index contributed by atoms with van der Waals surface area (Å²) >= 11 is 2.36. The number of halogens is 1. The number of nitrogens with one attached hydrogen (secondary N) is 1. The van der Waals surface area contributed by atoms with E-state index in [1.165, 1.54) is 31.3 Å². The number of hydrogen-bond acceptors (Lipinski definition) is 1. The van der Waals surface area contributed by atoms with Gasteiger partial charge in [0.1, 0.15) is 0 Å². The molecule has 0 aliphatic rings. The van der Waals surface area contributed by atoms with Crippen LogP contribution in [-0.2, 0) is 6.42 Å². The van der Waals surface area contributed by atoms with Crippen molar-refractivity contribution in [3.05, 3.63) is 32.5 Å². The molecule has 0 radical (unpaired) electrons. The number of aromatic amines is 1. The summed E-state index contributed by atoms with van der Waals surface area (Å²) in [7, 11) is 0. The van der Waals surface area contributed by atoms with Crippen molar-refractivity contribution in [2.45, 2.75) is 20.3 Å². The number of H-pyrrole nitrogens is 1. The molecule has 0 unspecified atom stereocenters. The lowest BCUT2D eigenvalue weighted by Crippen LogP contribution is -2.03. The largest absolute Gasteiger partial charge is 0.358 e. The highest BCUT2D eigenvalue weighted by molar-refractivity contribution is 14.1. The molecule has 0 aliphatic carbocycles. The summed E-state index contributed by atoms with van der Waals surface area (Å²) in [6.07, 6.45) is 0.950. The third-order valence-corrected chi connectivity index (χ3v) is 3.41. The van der Waals surface area contributed by atoms with Gasteiger partial charge in [-0.25, -0.2) is 0 Å². The maximum Gasteiger partial charge on any atom is 0.0489 e. The number of aryl methyl sites for hydroxylation is 2. The zero-order valence-electron chi connectivity index (χ0n) is 9.02. The molecule has 0 amide bonds. The van der Waals surface area contributed by atoms with Crippen LogP contribution in [-0.4, -0.2) is 11.5 Å². The molecule has 0 saturated carbocycles. The van der Waals surface area contributed by atoms with Crippen molar-refractivity contribution in [2.75, 3.05) is 6.54 Å². The first-order chi connectivity index (χ1) is 7.13. The second-order valence-corrected chi connectivity index (χ2v) is 5.16. The molecule has 15 heavy (non-hydrogen) atoms. The van der Waals surface area contributed by atoms with Crippen LogP contribution in [0, 0.1) is 17.4 Å². The minimum Gasteiger partial charge on any atom is -0.358 e. The van der Waals surface area contributed by atoms with Crippen LogP contribution in [0.25, 0.3) is 10.9 Å². The smallest absolute Gasteiger partial charge is 0.0489 e. The summed E-state index contributed by atoms with van der Waals surface area (Å²) in [6, 6.07) is 4.43. The Morgan fingerprint density at radius 2 is 2.07 bits per heavy atom. The Hall–Kier alpha value is -0.550. The Kier molecular flexibility index (Phi) is 3.02. The van der Waals surface area contributed by atoms with Crippen LogP contribution >= 0.6 is 22.6 Å². The van der Waals surface area contributed by atoms with Crippen LogP contribution in [0.3, 0.4) is 0 Å². The minimum absolute atomic E-state index is 0.707. The van der Waals surface area contributed by atoms with Gasteiger partial charge in [0.2, 0.25) is 0 Å². The lowest BCUT2D eigenvalue weighted by atomic mass is 10.1. The van der Waals surface area contributed by atoms with Crippen molar-refractivity contribution in [2.24, 2.45) is 5.73 Å². The van der Waals surface area contributed by atoms with Crippen LogP contribution in [0.4, 0.5) is 0 Å². The average molecular weight is 314 g/mol. The highest BCUT2D eigenvalue weighted by Gasteiger charge is 2.09. The van der Waals surface area contributed by atoms with Gasteiger partial charge in [0.05, 0.1) is 0 Å². The first kappa shape index (κ1) is 11.0. The normalized spacial score (nSPS) is 11.2. The van der Waals surface area contributed by atoms with Gasteiger partial charge in [-0.1, -0.05) is 0 Å². The molecule has 2 rings (SSSR count). The van der Waals surface area contributed by atoms with E-state index in [1.54, 1.807) is 0 Å². The van der Waals surface area contributed by atoms with Crippen LogP contribution in [0.5, 0.6) is 0 Å². The summed E-state index contributed by atoms with van der Waals surface area (Å²) < 4.78 is 1.29. The minimum atomic E-state index is 0.707. The van der Waals surface area contributed by atoms with Crippen LogP contribution in [0.2, 0.25) is 0 Å². The van der Waals surface area contributed by atoms with Gasteiger partial charge >= 0.3 is 0 Å². The van der Waals surface area contributed by atoms with Gasteiger partial charge in [-0.05, 0) is 72.7 Å². The molecular formula is C12H15IN2. The Morgan fingerprint density at radius 1 is 1.33 bits per heavy atom. The lowest BCUT2D eigenvalue weighted by molar-refractivity contribution is 0.963. The zero-order valence-corrected chi connectivity index (χ0v) is 11.2. The molecule has 0 fully saturated rings. The number of nitrogens with two attached hydrogens (primary N) is 1. The molecule has 0 aliphatic heterocycles. The third kappa shape index (κ3) is 1.90. The van der Waals surface area contributed by atoms with Crippen LogP contribution in [0.15, 0.2) is 12.1 Å². The maximum absolute atomic E-state index is 5.64. The Morgan fingerprint density at radius 3 is 2.73 bits per heavy atom. The average Bonchev–Trinajstić information content (AvgIpc) is 2.46. The van der Waals surface area contributed by atoms with Crippen molar-refractivity contribution < 1.29 is 0 Å². The molecule has 0 bridgehead atoms. The van der Waals surface area contributed by atoms with Crippen molar-refractivity contribution >= 4 is 33.5 Å². The fraction of sp³-hybridized carbons (Fsp3) is 0.333. The molecule has 1 aromatic heterocycles. The molecule has 0 atom stereocenters. The molecule has 3 N–H and O–H groups in total. The molecule has 80 valence electrons. The van der Waals surface area contributed by atoms with E-state index in [1.807, 2.05) is 0 Å². The van der Waals surface area contributed by atoms with Crippen molar-refractivity contribution in [1.82, 2.24) is 4.98 Å². The molecule has 1 heterocycles. The van der Waals surface area contributed by atoms with E-state index in [9.17, 15) is 0 Å². The van der Waals surface area contributed by atoms with Crippen molar-refractivity contribution in [3.63, 3.8) is 0 Å². The Bertz CT molecular complexity index is 500. The number of aromatic nitrogens is 1. The molecule has 2 nitrogen and oxygen atoms in total. The fourth-order valence-electron chi connectivity index (χ4n) is 2.08. The van der Waals surface area contributed by atoms with Gasteiger partial charge in [-0.15, -0.1) is 0 Å². The van der Waals surface area contributed by atoms with Gasteiger partial charge in [-0.3, -0.25) is 0 Å². The van der Waals surface area contributed by atoms with E-state index < -0.39 is 0 Å². The SMILES string of the molecule is Cc1[nH]c2c(C)cc(I)cc2c1CCN. The van der Waals surface area contributed by atoms with Crippen molar-refractivity contribution in [3.8, 4) is 0 Å². The van der Waals surface area contributed by atoms with Crippen molar-refractivity contribution in [1.29, 1.82) is 0 Å².